The first-order chi connectivity index (χ1) is 7.09. The lowest BCUT2D eigenvalue weighted by molar-refractivity contribution is 0.00988. The van der Waals surface area contributed by atoms with Crippen LogP contribution < -0.4 is 5.73 Å². The molecule has 1 aromatic carbocycles. The number of benzene rings is 1. The van der Waals surface area contributed by atoms with Crippen molar-refractivity contribution in [2.75, 3.05) is 6.61 Å². The molecule has 0 saturated heterocycles. The molecule has 3 nitrogen and oxygen atoms in total. The summed E-state index contributed by atoms with van der Waals surface area (Å²) in [5.74, 6) is -0.0185. The van der Waals surface area contributed by atoms with Crippen LogP contribution in [0.5, 0.6) is 0 Å². The van der Waals surface area contributed by atoms with Crippen molar-refractivity contribution in [2.24, 2.45) is 5.73 Å². The average Bonchev–Trinajstić information content (AvgIpc) is 2.18. The van der Waals surface area contributed by atoms with Crippen LogP contribution in [0.3, 0.4) is 0 Å². The van der Waals surface area contributed by atoms with E-state index in [2.05, 4.69) is 0 Å². The number of rotatable bonds is 5. The number of nitrogens with two attached hydrogens (primary N) is 1. The molecule has 0 aromatic heterocycles. The van der Waals surface area contributed by atoms with Crippen molar-refractivity contribution in [2.45, 2.75) is 13.0 Å². The van der Waals surface area contributed by atoms with Crippen molar-refractivity contribution in [3.63, 3.8) is 0 Å². The van der Waals surface area contributed by atoms with Crippen molar-refractivity contribution in [1.82, 2.24) is 0 Å². The highest BCUT2D eigenvalue weighted by molar-refractivity contribution is 5.94. The predicted octanol–water partition coefficient (Wildman–Crippen LogP) is 1.75. The minimum absolute atomic E-state index is 0.0185. The summed E-state index contributed by atoms with van der Waals surface area (Å²) in [6, 6.07) is 6.71. The number of nitrogens with one attached hydrogen (secondary N) is 1. The maximum atomic E-state index is 11.7. The van der Waals surface area contributed by atoms with E-state index in [0.29, 0.717) is 5.56 Å². The number of hydrogen-bond donors (Lipinski definition) is 2. The molecule has 0 spiro atoms. The van der Waals surface area contributed by atoms with E-state index >= 15 is 0 Å². The number of amidine groups is 1. The highest BCUT2D eigenvalue weighted by Gasteiger charge is 2.02. The van der Waals surface area contributed by atoms with Crippen molar-refractivity contribution in [1.29, 1.82) is 5.41 Å². The number of ether oxygens (including phenoxy) is 1. The van der Waals surface area contributed by atoms with E-state index in [-0.39, 0.29) is 12.4 Å². The molecule has 0 unspecified atom stereocenters. The van der Waals surface area contributed by atoms with Gasteiger partial charge in [-0.2, -0.15) is 0 Å². The lowest BCUT2D eigenvalue weighted by atomic mass is 10.1. The fourth-order valence-corrected chi connectivity index (χ4v) is 1.05. The van der Waals surface area contributed by atoms with Crippen molar-refractivity contribution in [3.8, 4) is 0 Å². The van der Waals surface area contributed by atoms with Gasteiger partial charge >= 0.3 is 0 Å². The van der Waals surface area contributed by atoms with Crippen LogP contribution in [-0.4, -0.2) is 18.9 Å². The van der Waals surface area contributed by atoms with Gasteiger partial charge in [0.2, 0.25) is 0 Å². The second kappa shape index (κ2) is 5.41. The highest BCUT2D eigenvalue weighted by Crippen LogP contribution is 2.06. The lowest BCUT2D eigenvalue weighted by Crippen LogP contribution is -2.10. The summed E-state index contributed by atoms with van der Waals surface area (Å²) < 4.78 is 28.2. The molecule has 0 aliphatic rings. The second-order valence-corrected chi connectivity index (χ2v) is 3.02. The molecule has 15 heavy (non-hydrogen) atoms. The molecule has 0 radical (unpaired) electrons. The van der Waals surface area contributed by atoms with Gasteiger partial charge in [0.25, 0.3) is 6.43 Å². The molecular weight excluding hydrogens is 202 g/mol. The summed E-state index contributed by atoms with van der Waals surface area (Å²) in [5.41, 5.74) is 6.64. The topological polar surface area (TPSA) is 59.1 Å². The number of hydrogen-bond acceptors (Lipinski definition) is 2. The van der Waals surface area contributed by atoms with Gasteiger partial charge < -0.3 is 10.5 Å². The third-order valence-electron chi connectivity index (χ3n) is 1.78. The Hall–Kier alpha value is -1.49. The van der Waals surface area contributed by atoms with Gasteiger partial charge in [0, 0.05) is 5.56 Å². The van der Waals surface area contributed by atoms with Crippen molar-refractivity contribution >= 4 is 5.84 Å². The Morgan fingerprint density at radius 1 is 1.33 bits per heavy atom. The molecule has 0 fully saturated rings. The van der Waals surface area contributed by atoms with Gasteiger partial charge in [-0.1, -0.05) is 24.3 Å². The molecule has 0 aliphatic heterocycles. The van der Waals surface area contributed by atoms with E-state index in [4.69, 9.17) is 15.9 Å². The quantitative estimate of drug-likeness (QED) is 0.579. The maximum Gasteiger partial charge on any atom is 0.261 e. The number of halogens is 2. The van der Waals surface area contributed by atoms with Gasteiger partial charge in [-0.05, 0) is 5.56 Å². The zero-order valence-electron chi connectivity index (χ0n) is 8.04. The molecule has 0 heterocycles. The standard InChI is InChI=1S/C10H12F2N2O/c11-9(12)6-15-5-7-1-3-8(4-2-7)10(13)14/h1-4,9H,5-6H2,(H3,13,14). The van der Waals surface area contributed by atoms with E-state index < -0.39 is 13.0 Å². The summed E-state index contributed by atoms with van der Waals surface area (Å²) in [6.07, 6.45) is -2.44. The van der Waals surface area contributed by atoms with Crippen LogP contribution >= 0.6 is 0 Å². The Balaban J connectivity index is 2.46. The molecule has 0 amide bonds. The van der Waals surface area contributed by atoms with Crippen LogP contribution in [0, 0.1) is 5.41 Å². The largest absolute Gasteiger partial charge is 0.384 e. The Bertz CT molecular complexity index is 325. The molecule has 3 N–H and O–H groups in total. The molecule has 0 atom stereocenters. The second-order valence-electron chi connectivity index (χ2n) is 3.02. The smallest absolute Gasteiger partial charge is 0.261 e. The third-order valence-corrected chi connectivity index (χ3v) is 1.78. The maximum absolute atomic E-state index is 11.7. The SMILES string of the molecule is N=C(N)c1ccc(COCC(F)F)cc1. The molecule has 1 aromatic rings. The minimum atomic E-state index is -2.44. The van der Waals surface area contributed by atoms with Gasteiger partial charge in [-0.3, -0.25) is 5.41 Å². The van der Waals surface area contributed by atoms with Gasteiger partial charge in [-0.25, -0.2) is 8.78 Å². The summed E-state index contributed by atoms with van der Waals surface area (Å²) in [7, 11) is 0. The predicted molar refractivity (Wildman–Crippen MR) is 53.1 cm³/mol. The molecule has 0 saturated carbocycles. The van der Waals surface area contributed by atoms with Crippen LogP contribution in [0.15, 0.2) is 24.3 Å². The molecule has 1 rings (SSSR count). The summed E-state index contributed by atoms with van der Waals surface area (Å²) >= 11 is 0. The highest BCUT2D eigenvalue weighted by atomic mass is 19.3. The summed E-state index contributed by atoms with van der Waals surface area (Å²) in [5, 5.41) is 7.15. The Morgan fingerprint density at radius 2 is 1.93 bits per heavy atom. The first kappa shape index (κ1) is 11.6. The Labute approximate surface area is 86.4 Å². The molecule has 82 valence electrons. The summed E-state index contributed by atoms with van der Waals surface area (Å²) in [4.78, 5) is 0. The van der Waals surface area contributed by atoms with Crippen LogP contribution in [-0.2, 0) is 11.3 Å². The lowest BCUT2D eigenvalue weighted by Gasteiger charge is -2.04. The van der Waals surface area contributed by atoms with E-state index in [1.54, 1.807) is 24.3 Å². The fourth-order valence-electron chi connectivity index (χ4n) is 1.05. The van der Waals surface area contributed by atoms with Crippen LogP contribution in [0.1, 0.15) is 11.1 Å². The van der Waals surface area contributed by atoms with Crippen LogP contribution in [0.2, 0.25) is 0 Å². The molecular formula is C10H12F2N2O. The normalized spacial score (nSPS) is 10.6. The van der Waals surface area contributed by atoms with Gasteiger partial charge in [0.1, 0.15) is 12.4 Å². The number of alkyl halides is 2. The van der Waals surface area contributed by atoms with Crippen LogP contribution in [0.25, 0.3) is 0 Å². The van der Waals surface area contributed by atoms with Gasteiger partial charge in [-0.15, -0.1) is 0 Å². The Kier molecular flexibility index (Phi) is 4.17. The molecule has 0 bridgehead atoms. The van der Waals surface area contributed by atoms with E-state index in [1.165, 1.54) is 0 Å². The zero-order chi connectivity index (χ0) is 11.3. The monoisotopic (exact) mass is 214 g/mol. The fraction of sp³-hybridized carbons (Fsp3) is 0.300. The van der Waals surface area contributed by atoms with Crippen molar-refractivity contribution in [3.05, 3.63) is 35.4 Å². The van der Waals surface area contributed by atoms with E-state index in [1.807, 2.05) is 0 Å². The first-order valence-corrected chi connectivity index (χ1v) is 4.39. The molecule has 5 heteroatoms. The zero-order valence-corrected chi connectivity index (χ0v) is 8.04. The van der Waals surface area contributed by atoms with Gasteiger partial charge in [0.15, 0.2) is 0 Å². The molecule has 0 aliphatic carbocycles. The number of nitrogen functional groups attached to an aromatic ring is 1. The van der Waals surface area contributed by atoms with E-state index in [9.17, 15) is 8.78 Å². The third kappa shape index (κ3) is 4.03. The minimum Gasteiger partial charge on any atom is -0.384 e. The Morgan fingerprint density at radius 3 is 2.40 bits per heavy atom. The van der Waals surface area contributed by atoms with Crippen LogP contribution in [0.4, 0.5) is 8.78 Å². The van der Waals surface area contributed by atoms with Crippen molar-refractivity contribution < 1.29 is 13.5 Å². The first-order valence-electron chi connectivity index (χ1n) is 4.39. The van der Waals surface area contributed by atoms with E-state index in [0.717, 1.165) is 5.56 Å². The van der Waals surface area contributed by atoms with Gasteiger partial charge in [0.05, 0.1) is 6.61 Å². The average molecular weight is 214 g/mol. The summed E-state index contributed by atoms with van der Waals surface area (Å²) in [6.45, 7) is -0.420.